The summed E-state index contributed by atoms with van der Waals surface area (Å²) in [6.45, 7) is 1.46. The van der Waals surface area contributed by atoms with Gasteiger partial charge in [-0.15, -0.1) is 0 Å². The van der Waals surface area contributed by atoms with Crippen LogP contribution in [0, 0.1) is 0 Å². The van der Waals surface area contributed by atoms with E-state index in [1.807, 2.05) is 18.2 Å². The lowest BCUT2D eigenvalue weighted by Crippen LogP contribution is -2.49. The molecular formula is C22H27FN2O2. The smallest absolute Gasteiger partial charge is 0.161 e. The average molecular weight is 370 g/mol. The van der Waals surface area contributed by atoms with Gasteiger partial charge in [-0.3, -0.25) is 4.90 Å². The number of nitrogens with two attached hydrogens (primary N) is 1. The van der Waals surface area contributed by atoms with Crippen molar-refractivity contribution in [2.75, 3.05) is 27.3 Å². The van der Waals surface area contributed by atoms with Crippen LogP contribution in [0.1, 0.15) is 40.6 Å². The number of alkyl halides is 1. The third kappa shape index (κ3) is 3.30. The first-order chi connectivity index (χ1) is 13.1. The zero-order chi connectivity index (χ0) is 19.0. The van der Waals surface area contributed by atoms with E-state index in [4.69, 9.17) is 15.2 Å². The molecule has 2 aliphatic rings. The highest BCUT2D eigenvalue weighted by Crippen LogP contribution is 2.44. The number of methoxy groups -OCH3 is 2. The lowest BCUT2D eigenvalue weighted by atomic mass is 9.78. The zero-order valence-electron chi connectivity index (χ0n) is 16.0. The van der Waals surface area contributed by atoms with Gasteiger partial charge in [-0.25, -0.2) is 4.39 Å². The van der Waals surface area contributed by atoms with Gasteiger partial charge in [0.1, 0.15) is 6.67 Å². The molecule has 0 spiro atoms. The van der Waals surface area contributed by atoms with Gasteiger partial charge in [0.05, 0.1) is 14.2 Å². The molecule has 0 amide bonds. The minimum absolute atomic E-state index is 0.0418. The van der Waals surface area contributed by atoms with Crippen molar-refractivity contribution in [1.82, 2.24) is 4.90 Å². The van der Waals surface area contributed by atoms with E-state index in [-0.39, 0.29) is 12.0 Å². The van der Waals surface area contributed by atoms with Gasteiger partial charge in [0.2, 0.25) is 0 Å². The fourth-order valence-corrected chi connectivity index (χ4v) is 4.64. The van der Waals surface area contributed by atoms with Gasteiger partial charge in [0, 0.05) is 31.1 Å². The minimum Gasteiger partial charge on any atom is -0.493 e. The average Bonchev–Trinajstić information content (AvgIpc) is 2.72. The van der Waals surface area contributed by atoms with Gasteiger partial charge in [0.15, 0.2) is 11.5 Å². The molecule has 1 fully saturated rings. The van der Waals surface area contributed by atoms with E-state index >= 15 is 0 Å². The van der Waals surface area contributed by atoms with Crippen LogP contribution in [0.5, 0.6) is 11.5 Å². The molecule has 2 aromatic rings. The van der Waals surface area contributed by atoms with E-state index in [0.717, 1.165) is 48.6 Å². The predicted molar refractivity (Wildman–Crippen MR) is 104 cm³/mol. The van der Waals surface area contributed by atoms with Crippen molar-refractivity contribution in [3.8, 4) is 11.5 Å². The van der Waals surface area contributed by atoms with Crippen molar-refractivity contribution in [1.29, 1.82) is 0 Å². The molecular weight excluding hydrogens is 343 g/mol. The maximum absolute atomic E-state index is 13.1. The molecule has 0 radical (unpaired) electrons. The maximum Gasteiger partial charge on any atom is 0.161 e. The quantitative estimate of drug-likeness (QED) is 0.894. The van der Waals surface area contributed by atoms with Gasteiger partial charge >= 0.3 is 0 Å². The highest BCUT2D eigenvalue weighted by molar-refractivity contribution is 5.50. The molecule has 5 heteroatoms. The van der Waals surface area contributed by atoms with Gasteiger partial charge in [-0.2, -0.15) is 0 Å². The monoisotopic (exact) mass is 370 g/mol. The summed E-state index contributed by atoms with van der Waals surface area (Å²) in [6.07, 6.45) is 1.87. The van der Waals surface area contributed by atoms with E-state index in [0.29, 0.717) is 6.04 Å². The third-order valence-electron chi connectivity index (χ3n) is 6.09. The van der Waals surface area contributed by atoms with Crippen LogP contribution in [0.2, 0.25) is 0 Å². The minimum atomic E-state index is -0.433. The Morgan fingerprint density at radius 3 is 2.67 bits per heavy atom. The second-order valence-corrected chi connectivity index (χ2v) is 7.55. The molecule has 0 aromatic heterocycles. The molecule has 4 rings (SSSR count). The van der Waals surface area contributed by atoms with Crippen LogP contribution in [0.4, 0.5) is 4.39 Å². The fraction of sp³-hybridized carbons (Fsp3) is 0.455. The molecule has 2 aliphatic heterocycles. The van der Waals surface area contributed by atoms with Gasteiger partial charge in [0.25, 0.3) is 0 Å². The molecule has 144 valence electrons. The number of fused-ring (bicyclic) bond motifs is 3. The predicted octanol–water partition coefficient (Wildman–Crippen LogP) is 3.59. The SMILES string of the molecule is COc1cc2c(cc1OC)C1C[C@H](N)[C@@H](c3cccc(CF)c3)CN1CC2. The molecule has 1 unspecified atom stereocenters. The molecule has 0 saturated carbocycles. The zero-order valence-corrected chi connectivity index (χ0v) is 16.0. The van der Waals surface area contributed by atoms with E-state index in [1.54, 1.807) is 14.2 Å². The molecule has 2 N–H and O–H groups in total. The largest absolute Gasteiger partial charge is 0.493 e. The Hall–Kier alpha value is -2.11. The Morgan fingerprint density at radius 1 is 1.15 bits per heavy atom. The number of rotatable bonds is 4. The van der Waals surface area contributed by atoms with Crippen molar-refractivity contribution >= 4 is 0 Å². The first kappa shape index (κ1) is 18.3. The van der Waals surface area contributed by atoms with Crippen molar-refractivity contribution in [2.45, 2.75) is 37.5 Å². The van der Waals surface area contributed by atoms with Crippen molar-refractivity contribution in [2.24, 2.45) is 5.73 Å². The summed E-state index contributed by atoms with van der Waals surface area (Å²) in [5, 5.41) is 0. The molecule has 1 saturated heterocycles. The summed E-state index contributed by atoms with van der Waals surface area (Å²) in [5.74, 6) is 1.78. The number of halogens is 1. The summed E-state index contributed by atoms with van der Waals surface area (Å²) in [6, 6.07) is 12.4. The number of benzene rings is 2. The summed E-state index contributed by atoms with van der Waals surface area (Å²) in [4.78, 5) is 2.52. The van der Waals surface area contributed by atoms with Crippen molar-refractivity contribution < 1.29 is 13.9 Å². The normalized spacial score (nSPS) is 24.8. The molecule has 2 heterocycles. The number of hydrogen-bond donors (Lipinski definition) is 1. The maximum atomic E-state index is 13.1. The van der Waals surface area contributed by atoms with Crippen LogP contribution in [0.3, 0.4) is 0 Å². The lowest BCUT2D eigenvalue weighted by Gasteiger charge is -2.46. The highest BCUT2D eigenvalue weighted by atomic mass is 19.1. The van der Waals surface area contributed by atoms with Crippen LogP contribution >= 0.6 is 0 Å². The summed E-state index contributed by atoms with van der Waals surface area (Å²) in [5.41, 5.74) is 11.1. The summed E-state index contributed by atoms with van der Waals surface area (Å²) >= 11 is 0. The Bertz CT molecular complexity index is 826. The van der Waals surface area contributed by atoms with E-state index in [2.05, 4.69) is 23.1 Å². The van der Waals surface area contributed by atoms with Crippen molar-refractivity contribution in [3.05, 3.63) is 58.7 Å². The fourth-order valence-electron chi connectivity index (χ4n) is 4.64. The Balaban J connectivity index is 1.63. The second-order valence-electron chi connectivity index (χ2n) is 7.55. The van der Waals surface area contributed by atoms with Crippen LogP contribution in [0.25, 0.3) is 0 Å². The molecule has 4 nitrogen and oxygen atoms in total. The molecule has 3 atom stereocenters. The second kappa shape index (κ2) is 7.49. The van der Waals surface area contributed by atoms with Crippen molar-refractivity contribution in [3.63, 3.8) is 0 Å². The third-order valence-corrected chi connectivity index (χ3v) is 6.09. The first-order valence-corrected chi connectivity index (χ1v) is 9.53. The number of ether oxygens (including phenoxy) is 2. The van der Waals surface area contributed by atoms with Gasteiger partial charge in [-0.1, -0.05) is 24.3 Å². The standard InChI is InChI=1S/C22H27FN2O2/c1-26-21-9-16-6-7-25-13-18(15-5-3-4-14(8-15)12-23)19(24)11-20(25)17(16)10-22(21)27-2/h3-5,8-10,18-20H,6-7,11-13,24H2,1-2H3/t18-,19+,20?/m1/s1. The summed E-state index contributed by atoms with van der Waals surface area (Å²) in [7, 11) is 3.34. The topological polar surface area (TPSA) is 47.7 Å². The Labute approximate surface area is 160 Å². The van der Waals surface area contributed by atoms with Crippen LogP contribution in [0.15, 0.2) is 36.4 Å². The van der Waals surface area contributed by atoms with Crippen LogP contribution < -0.4 is 15.2 Å². The van der Waals surface area contributed by atoms with E-state index in [1.165, 1.54) is 11.1 Å². The number of piperidine rings is 1. The van der Waals surface area contributed by atoms with E-state index < -0.39 is 6.67 Å². The Kier molecular flexibility index (Phi) is 5.06. The number of hydrogen-bond acceptors (Lipinski definition) is 4. The van der Waals surface area contributed by atoms with E-state index in [9.17, 15) is 4.39 Å². The van der Waals surface area contributed by atoms with Crippen LogP contribution in [-0.4, -0.2) is 38.3 Å². The summed E-state index contributed by atoms with van der Waals surface area (Å²) < 4.78 is 24.1. The number of nitrogens with zero attached hydrogens (tertiary/aromatic N) is 1. The van der Waals surface area contributed by atoms with Gasteiger partial charge < -0.3 is 15.2 Å². The van der Waals surface area contributed by atoms with Crippen LogP contribution in [-0.2, 0) is 13.1 Å². The molecule has 0 bridgehead atoms. The Morgan fingerprint density at radius 2 is 1.93 bits per heavy atom. The highest BCUT2D eigenvalue weighted by Gasteiger charge is 2.38. The molecule has 0 aliphatic carbocycles. The molecule has 27 heavy (non-hydrogen) atoms. The lowest BCUT2D eigenvalue weighted by molar-refractivity contribution is 0.109. The molecule has 2 aromatic carbocycles. The van der Waals surface area contributed by atoms with Gasteiger partial charge in [-0.05, 0) is 47.2 Å². The first-order valence-electron chi connectivity index (χ1n) is 9.53.